The molecular formula is C42H33N2+. The van der Waals surface area contributed by atoms with Crippen molar-refractivity contribution in [2.75, 3.05) is 4.90 Å². The molecule has 0 saturated carbocycles. The first-order chi connectivity index (χ1) is 21.7. The van der Waals surface area contributed by atoms with Crippen molar-refractivity contribution >= 4 is 34.0 Å². The van der Waals surface area contributed by atoms with Crippen LogP contribution in [-0.4, -0.2) is 5.71 Å². The number of fused-ring (bicyclic) bond motifs is 2. The molecule has 2 aliphatic heterocycles. The Bertz CT molecular complexity index is 2020. The second-order valence-electron chi connectivity index (χ2n) is 10.9. The Morgan fingerprint density at radius 3 is 2.14 bits per heavy atom. The van der Waals surface area contributed by atoms with Crippen molar-refractivity contribution < 1.29 is 0 Å². The maximum Gasteiger partial charge on any atom is 0.225 e. The lowest BCUT2D eigenvalue weighted by Gasteiger charge is -2.26. The zero-order valence-corrected chi connectivity index (χ0v) is 24.8. The monoisotopic (exact) mass is 565 g/mol. The van der Waals surface area contributed by atoms with Crippen LogP contribution < -0.4 is 9.48 Å². The van der Waals surface area contributed by atoms with E-state index in [1.807, 2.05) is 6.92 Å². The van der Waals surface area contributed by atoms with E-state index in [0.717, 1.165) is 22.5 Å². The van der Waals surface area contributed by atoms with Gasteiger partial charge < -0.3 is 4.90 Å². The molecule has 0 fully saturated rings. The maximum atomic E-state index is 4.45. The normalized spacial score (nSPS) is 15.5. The molecule has 2 aliphatic rings. The van der Waals surface area contributed by atoms with Crippen LogP contribution in [0.15, 0.2) is 177 Å². The minimum absolute atomic E-state index is 0.983. The topological polar surface area (TPSA) is 6.25 Å². The average Bonchev–Trinajstić information content (AvgIpc) is 3.07. The molecule has 210 valence electrons. The van der Waals surface area contributed by atoms with Gasteiger partial charge >= 0.3 is 0 Å². The molecule has 5 aromatic rings. The Hall–Kier alpha value is -5.73. The highest BCUT2D eigenvalue weighted by molar-refractivity contribution is 6.21. The van der Waals surface area contributed by atoms with Gasteiger partial charge in [0.25, 0.3) is 0 Å². The van der Waals surface area contributed by atoms with E-state index in [0.29, 0.717) is 0 Å². The van der Waals surface area contributed by atoms with Gasteiger partial charge in [-0.2, -0.15) is 4.58 Å². The Labute approximate surface area is 259 Å². The molecule has 0 saturated heterocycles. The van der Waals surface area contributed by atoms with Crippen LogP contribution in [0.1, 0.15) is 18.1 Å². The predicted molar refractivity (Wildman–Crippen MR) is 189 cm³/mol. The van der Waals surface area contributed by atoms with Gasteiger partial charge in [0.1, 0.15) is 5.56 Å². The predicted octanol–water partition coefficient (Wildman–Crippen LogP) is 11.0. The highest BCUT2D eigenvalue weighted by Gasteiger charge is 2.36. The molecular weight excluding hydrogens is 532 g/mol. The molecule has 0 atom stereocenters. The van der Waals surface area contributed by atoms with Gasteiger partial charge in [-0.15, -0.1) is 0 Å². The zero-order valence-electron chi connectivity index (χ0n) is 24.8. The van der Waals surface area contributed by atoms with Crippen molar-refractivity contribution in [3.8, 4) is 22.3 Å². The summed E-state index contributed by atoms with van der Waals surface area (Å²) in [5.74, 6) is 0. The largest absolute Gasteiger partial charge is 0.317 e. The van der Waals surface area contributed by atoms with Crippen LogP contribution in [0.3, 0.4) is 0 Å². The van der Waals surface area contributed by atoms with E-state index in [2.05, 4.69) is 186 Å². The maximum absolute atomic E-state index is 4.45. The van der Waals surface area contributed by atoms with Gasteiger partial charge in [0.15, 0.2) is 0 Å². The van der Waals surface area contributed by atoms with Gasteiger partial charge in [0.2, 0.25) is 17.1 Å². The van der Waals surface area contributed by atoms with E-state index >= 15 is 0 Å². The Kier molecular flexibility index (Phi) is 7.32. The number of nitrogens with zero attached hydrogens (tertiary/aromatic N) is 2. The molecule has 7 rings (SSSR count). The van der Waals surface area contributed by atoms with Crippen LogP contribution in [-0.2, 0) is 0 Å². The quantitative estimate of drug-likeness (QED) is 0.147. The van der Waals surface area contributed by atoms with Crippen molar-refractivity contribution in [2.45, 2.75) is 6.92 Å². The SMILES string of the molecule is C=C1/C=C\C=C/N(c2cccc(-c3ccccc3)c2)c2ccc(-c3ccc4c(c3)C(/C=C\C=C/C)=[N+]4c3ccccc3)cc21. The summed E-state index contributed by atoms with van der Waals surface area (Å²) in [6.45, 7) is 6.49. The summed E-state index contributed by atoms with van der Waals surface area (Å²) in [7, 11) is 0. The minimum atomic E-state index is 0.983. The first kappa shape index (κ1) is 27.1. The summed E-state index contributed by atoms with van der Waals surface area (Å²) in [6.07, 6.45) is 16.8. The van der Waals surface area contributed by atoms with E-state index in [9.17, 15) is 0 Å². The van der Waals surface area contributed by atoms with Gasteiger partial charge in [-0.05, 0) is 77.2 Å². The fourth-order valence-corrected chi connectivity index (χ4v) is 5.94. The molecule has 2 heterocycles. The Balaban J connectivity index is 1.28. The minimum Gasteiger partial charge on any atom is -0.317 e. The number of rotatable bonds is 6. The van der Waals surface area contributed by atoms with Crippen molar-refractivity contribution in [1.82, 2.24) is 4.58 Å². The Morgan fingerprint density at radius 1 is 0.636 bits per heavy atom. The van der Waals surface area contributed by atoms with Gasteiger partial charge in [-0.1, -0.05) is 104 Å². The van der Waals surface area contributed by atoms with Crippen molar-refractivity contribution in [3.63, 3.8) is 0 Å². The first-order valence-electron chi connectivity index (χ1n) is 15.0. The van der Waals surface area contributed by atoms with Crippen LogP contribution in [0.2, 0.25) is 0 Å². The third-order valence-electron chi connectivity index (χ3n) is 8.14. The summed E-state index contributed by atoms with van der Waals surface area (Å²) < 4.78 is 2.32. The summed E-state index contributed by atoms with van der Waals surface area (Å²) in [6, 6.07) is 43.3. The molecule has 0 unspecified atom stereocenters. The lowest BCUT2D eigenvalue weighted by molar-refractivity contribution is 1.03. The van der Waals surface area contributed by atoms with E-state index in [1.165, 1.54) is 44.9 Å². The van der Waals surface area contributed by atoms with Crippen LogP contribution >= 0.6 is 0 Å². The Morgan fingerprint density at radius 2 is 1.34 bits per heavy atom. The summed E-state index contributed by atoms with van der Waals surface area (Å²) in [4.78, 5) is 2.26. The highest BCUT2D eigenvalue weighted by atomic mass is 15.1. The molecule has 2 nitrogen and oxygen atoms in total. The number of hydrogen-bond acceptors (Lipinski definition) is 1. The lowest BCUT2D eigenvalue weighted by atomic mass is 9.91. The number of allylic oxidation sites excluding steroid dienone is 8. The molecule has 0 radical (unpaired) electrons. The zero-order chi connectivity index (χ0) is 29.9. The van der Waals surface area contributed by atoms with Gasteiger partial charge in [0, 0.05) is 41.7 Å². The summed E-state index contributed by atoms with van der Waals surface area (Å²) in [5.41, 5.74) is 13.9. The first-order valence-corrected chi connectivity index (χ1v) is 15.0. The molecule has 0 aliphatic carbocycles. The van der Waals surface area contributed by atoms with E-state index in [-0.39, 0.29) is 0 Å². The van der Waals surface area contributed by atoms with Gasteiger partial charge in [-0.25, -0.2) is 0 Å². The van der Waals surface area contributed by atoms with Gasteiger partial charge in [0.05, 0.1) is 5.69 Å². The average molecular weight is 566 g/mol. The van der Waals surface area contributed by atoms with E-state index in [1.54, 1.807) is 0 Å². The second-order valence-corrected chi connectivity index (χ2v) is 10.9. The molecule has 0 amide bonds. The lowest BCUT2D eigenvalue weighted by Crippen LogP contribution is -2.27. The number of benzene rings is 5. The molecule has 2 heteroatoms. The third-order valence-corrected chi connectivity index (χ3v) is 8.14. The molecule has 0 aromatic heterocycles. The molecule has 0 N–H and O–H groups in total. The van der Waals surface area contributed by atoms with E-state index < -0.39 is 0 Å². The second kappa shape index (κ2) is 11.9. The number of para-hydroxylation sites is 1. The van der Waals surface area contributed by atoms with Crippen LogP contribution in [0.25, 0.3) is 27.8 Å². The molecule has 0 bridgehead atoms. The van der Waals surface area contributed by atoms with Crippen LogP contribution in [0.4, 0.5) is 22.7 Å². The fourth-order valence-electron chi connectivity index (χ4n) is 5.94. The van der Waals surface area contributed by atoms with Gasteiger partial charge in [-0.3, -0.25) is 0 Å². The fraction of sp³-hybridized carbons (Fsp3) is 0.0238. The standard InChI is InChI=1S/C42H33N2/c1-3-4-7-22-41-39-30-35(24-26-42(39)44(41)36-19-10-6-11-20-36)34-23-25-40-38(29-34)31(2)15-12-13-27-43(40)37-21-14-18-33(28-37)32-16-8-5-9-17-32/h3-30H,2H2,1H3/q+1/b4-3-,15-12-,22-7-,27-13-. The number of hydrogen-bond donors (Lipinski definition) is 0. The smallest absolute Gasteiger partial charge is 0.225 e. The van der Waals surface area contributed by atoms with Crippen molar-refractivity contribution in [3.05, 3.63) is 188 Å². The van der Waals surface area contributed by atoms with Crippen molar-refractivity contribution in [2.24, 2.45) is 0 Å². The summed E-state index contributed by atoms with van der Waals surface area (Å²) in [5, 5.41) is 0. The highest BCUT2D eigenvalue weighted by Crippen LogP contribution is 2.41. The van der Waals surface area contributed by atoms with E-state index in [4.69, 9.17) is 0 Å². The van der Waals surface area contributed by atoms with Crippen LogP contribution in [0.5, 0.6) is 0 Å². The van der Waals surface area contributed by atoms with Crippen molar-refractivity contribution in [1.29, 1.82) is 0 Å². The molecule has 0 spiro atoms. The third kappa shape index (κ3) is 5.08. The summed E-state index contributed by atoms with van der Waals surface area (Å²) >= 11 is 0. The number of anilines is 2. The van der Waals surface area contributed by atoms with Crippen LogP contribution in [0, 0.1) is 0 Å². The molecule has 44 heavy (non-hydrogen) atoms. The molecule has 5 aromatic carbocycles.